The van der Waals surface area contributed by atoms with Crippen molar-refractivity contribution in [2.24, 2.45) is 11.0 Å². The molecule has 1 aliphatic heterocycles. The van der Waals surface area contributed by atoms with Gasteiger partial charge in [-0.25, -0.2) is 5.01 Å². The van der Waals surface area contributed by atoms with Crippen LogP contribution in [0.25, 0.3) is 16.8 Å². The topological polar surface area (TPSA) is 41.9 Å². The molecule has 38 heavy (non-hydrogen) atoms. The number of carbonyl (C=O) groups is 1. The van der Waals surface area contributed by atoms with E-state index in [0.29, 0.717) is 5.75 Å². The fraction of sp³-hybridized carbons (Fsp3) is 0.188. The van der Waals surface area contributed by atoms with Crippen molar-refractivity contribution in [2.45, 2.75) is 25.3 Å². The van der Waals surface area contributed by atoms with Crippen molar-refractivity contribution in [1.29, 1.82) is 0 Å². The highest BCUT2D eigenvalue weighted by atomic mass is 79.9. The van der Waals surface area contributed by atoms with Crippen LogP contribution in [0.2, 0.25) is 0 Å². The van der Waals surface area contributed by atoms with Crippen molar-refractivity contribution in [1.82, 2.24) is 5.01 Å². The highest BCUT2D eigenvalue weighted by Gasteiger charge is 2.43. The number of nitrogens with zero attached hydrogens (tertiary/aromatic N) is 2. The maximum atomic E-state index is 13.6. The van der Waals surface area contributed by atoms with Crippen molar-refractivity contribution >= 4 is 60.3 Å². The second-order valence-corrected chi connectivity index (χ2v) is 11.6. The Hall–Kier alpha value is -3.22. The van der Waals surface area contributed by atoms with Gasteiger partial charge in [0, 0.05) is 14.9 Å². The summed E-state index contributed by atoms with van der Waals surface area (Å²) in [5.74, 6) is 0.685. The van der Waals surface area contributed by atoms with Gasteiger partial charge in [-0.2, -0.15) is 5.10 Å². The molecule has 4 aromatic rings. The van der Waals surface area contributed by atoms with E-state index in [1.165, 1.54) is 5.57 Å². The van der Waals surface area contributed by atoms with Gasteiger partial charge in [-0.1, -0.05) is 86.5 Å². The van der Waals surface area contributed by atoms with E-state index in [1.54, 1.807) is 5.01 Å². The third-order valence-corrected chi connectivity index (χ3v) is 8.32. The zero-order valence-corrected chi connectivity index (χ0v) is 23.9. The van der Waals surface area contributed by atoms with Crippen molar-refractivity contribution in [3.05, 3.63) is 117 Å². The zero-order valence-electron chi connectivity index (χ0n) is 20.7. The number of benzene rings is 4. The predicted octanol–water partition coefficient (Wildman–Crippen LogP) is 8.57. The lowest BCUT2D eigenvalue weighted by Crippen LogP contribution is -2.34. The Morgan fingerprint density at radius 2 is 1.63 bits per heavy atom. The molecular formula is C32H26Br2N2O2. The summed E-state index contributed by atoms with van der Waals surface area (Å²) in [7, 11) is 0. The molecule has 1 saturated carbocycles. The van der Waals surface area contributed by atoms with E-state index >= 15 is 0 Å². The lowest BCUT2D eigenvalue weighted by Gasteiger charge is -2.29. The number of rotatable bonds is 5. The number of ether oxygens (including phenoxy) is 1. The van der Waals surface area contributed by atoms with Gasteiger partial charge in [-0.05, 0) is 89.2 Å². The number of hydrazone groups is 1. The molecule has 6 heteroatoms. The minimum atomic E-state index is -0.153. The minimum Gasteiger partial charge on any atom is -0.484 e. The van der Waals surface area contributed by atoms with E-state index in [1.807, 2.05) is 60.7 Å². The van der Waals surface area contributed by atoms with Crippen molar-refractivity contribution in [2.75, 3.05) is 6.61 Å². The molecule has 0 unspecified atom stereocenters. The average Bonchev–Trinajstić information content (AvgIpc) is 3.34. The number of amides is 1. The van der Waals surface area contributed by atoms with Gasteiger partial charge in [0.25, 0.3) is 5.91 Å². The van der Waals surface area contributed by atoms with E-state index in [9.17, 15) is 4.79 Å². The van der Waals surface area contributed by atoms with Gasteiger partial charge in [0.05, 0.1) is 11.8 Å². The van der Waals surface area contributed by atoms with Crippen molar-refractivity contribution in [3.63, 3.8) is 0 Å². The third kappa shape index (κ3) is 5.20. The monoisotopic (exact) mass is 628 g/mol. The van der Waals surface area contributed by atoms with Crippen LogP contribution >= 0.6 is 31.9 Å². The molecule has 1 amide bonds. The van der Waals surface area contributed by atoms with E-state index in [0.717, 1.165) is 55.8 Å². The first kappa shape index (κ1) is 25.1. The van der Waals surface area contributed by atoms with E-state index < -0.39 is 0 Å². The lowest BCUT2D eigenvalue weighted by atomic mass is 9.77. The first-order valence-electron chi connectivity index (χ1n) is 12.8. The second-order valence-electron chi connectivity index (χ2n) is 9.74. The Labute approximate surface area is 239 Å². The van der Waals surface area contributed by atoms with Crippen molar-refractivity contribution < 1.29 is 9.53 Å². The van der Waals surface area contributed by atoms with Crippen LogP contribution in [0.15, 0.2) is 111 Å². The normalized spacial score (nSPS) is 19.9. The molecule has 6 rings (SSSR count). The summed E-state index contributed by atoms with van der Waals surface area (Å²) in [6.45, 7) is -0.0688. The fourth-order valence-electron chi connectivity index (χ4n) is 5.43. The molecule has 0 bridgehead atoms. The van der Waals surface area contributed by atoms with Crippen LogP contribution in [0.5, 0.6) is 5.75 Å². The number of hydrogen-bond donors (Lipinski definition) is 0. The van der Waals surface area contributed by atoms with Crippen LogP contribution in [0, 0.1) is 5.92 Å². The van der Waals surface area contributed by atoms with Gasteiger partial charge in [-0.15, -0.1) is 0 Å². The van der Waals surface area contributed by atoms with Gasteiger partial charge < -0.3 is 4.74 Å². The van der Waals surface area contributed by atoms with Crippen molar-refractivity contribution in [3.8, 4) is 5.75 Å². The highest BCUT2D eigenvalue weighted by Crippen LogP contribution is 2.44. The quantitative estimate of drug-likeness (QED) is 0.222. The summed E-state index contributed by atoms with van der Waals surface area (Å²) >= 11 is 7.06. The molecule has 2 aliphatic rings. The SMILES string of the molecule is O=C(COc1ccc2ccccc2c1)N1N=C2/C(=C\c3ccc(Br)cc3)CCC[C@H]2[C@H]1c1ccc(Br)cc1. The summed E-state index contributed by atoms with van der Waals surface area (Å²) in [6.07, 6.45) is 5.23. The van der Waals surface area contributed by atoms with Gasteiger partial charge >= 0.3 is 0 Å². The Bertz CT molecular complexity index is 1540. The van der Waals surface area contributed by atoms with Gasteiger partial charge in [0.15, 0.2) is 6.61 Å². The van der Waals surface area contributed by atoms with Crippen LogP contribution in [0.4, 0.5) is 0 Å². The number of carbonyl (C=O) groups excluding carboxylic acids is 1. The molecule has 0 saturated heterocycles. The number of halogens is 2. The second kappa shape index (κ2) is 10.9. The molecule has 0 N–H and O–H groups in total. The van der Waals surface area contributed by atoms with Crippen LogP contribution in [-0.2, 0) is 4.79 Å². The maximum Gasteiger partial charge on any atom is 0.281 e. The largest absolute Gasteiger partial charge is 0.484 e. The standard InChI is InChI=1S/C32H26Br2N2O2/c33-26-13-8-21(9-14-26)18-25-6-3-7-29-31(25)35-36(32(29)23-10-15-27(34)16-11-23)30(37)20-38-28-17-12-22-4-1-2-5-24(22)19-28/h1-2,4-5,8-19,29,32H,3,6-7,20H2/b25-18-/t29-,32-/m1/s1. The van der Waals surface area contributed by atoms with E-state index in [2.05, 4.69) is 68.3 Å². The number of allylic oxidation sites excluding steroid dienone is 1. The predicted molar refractivity (Wildman–Crippen MR) is 160 cm³/mol. The molecule has 190 valence electrons. The molecule has 0 spiro atoms. The molecule has 4 aromatic carbocycles. The first-order valence-corrected chi connectivity index (χ1v) is 14.4. The van der Waals surface area contributed by atoms with E-state index in [4.69, 9.17) is 9.84 Å². The maximum absolute atomic E-state index is 13.6. The summed E-state index contributed by atoms with van der Waals surface area (Å²) < 4.78 is 8.06. The minimum absolute atomic E-state index is 0.0688. The molecule has 0 radical (unpaired) electrons. The molecule has 1 fully saturated rings. The van der Waals surface area contributed by atoms with E-state index in [-0.39, 0.29) is 24.5 Å². The first-order chi connectivity index (χ1) is 18.5. The Morgan fingerprint density at radius 3 is 2.39 bits per heavy atom. The Morgan fingerprint density at radius 1 is 0.921 bits per heavy atom. The third-order valence-electron chi connectivity index (χ3n) is 7.26. The number of hydrogen-bond acceptors (Lipinski definition) is 3. The van der Waals surface area contributed by atoms with Crippen LogP contribution in [0.3, 0.4) is 0 Å². The highest BCUT2D eigenvalue weighted by molar-refractivity contribution is 9.10. The summed E-state index contributed by atoms with van der Waals surface area (Å²) in [6, 6.07) is 30.4. The summed E-state index contributed by atoms with van der Waals surface area (Å²) in [4.78, 5) is 13.6. The lowest BCUT2D eigenvalue weighted by molar-refractivity contribution is -0.135. The molecule has 2 atom stereocenters. The van der Waals surface area contributed by atoms with Crippen LogP contribution in [0.1, 0.15) is 36.4 Å². The summed E-state index contributed by atoms with van der Waals surface area (Å²) in [5.41, 5.74) is 4.44. The van der Waals surface area contributed by atoms with Crippen LogP contribution in [-0.4, -0.2) is 23.2 Å². The zero-order chi connectivity index (χ0) is 26.1. The molecule has 1 aliphatic carbocycles. The Kier molecular flexibility index (Phi) is 7.18. The van der Waals surface area contributed by atoms with Gasteiger partial charge in [-0.3, -0.25) is 4.79 Å². The van der Waals surface area contributed by atoms with Gasteiger partial charge in [0.2, 0.25) is 0 Å². The molecule has 0 aromatic heterocycles. The fourth-order valence-corrected chi connectivity index (χ4v) is 5.96. The molecular weight excluding hydrogens is 604 g/mol. The van der Waals surface area contributed by atoms with Gasteiger partial charge in [0.1, 0.15) is 5.75 Å². The summed E-state index contributed by atoms with van der Waals surface area (Å²) in [5, 5.41) is 8.87. The average molecular weight is 630 g/mol. The van der Waals surface area contributed by atoms with Crippen LogP contribution < -0.4 is 4.74 Å². The smallest absolute Gasteiger partial charge is 0.281 e. The number of fused-ring (bicyclic) bond motifs is 2. The molecule has 4 nitrogen and oxygen atoms in total. The Balaban J connectivity index is 1.30. The molecule has 1 heterocycles.